The van der Waals surface area contributed by atoms with Crippen molar-refractivity contribution in [2.75, 3.05) is 26.3 Å². The molecule has 0 fully saturated rings. The summed E-state index contributed by atoms with van der Waals surface area (Å²) in [6.45, 7) is 3.33. The van der Waals surface area contributed by atoms with Crippen molar-refractivity contribution in [1.82, 2.24) is 5.32 Å². The van der Waals surface area contributed by atoms with Gasteiger partial charge in [-0.1, -0.05) is 6.92 Å². The number of nitrogens with one attached hydrogen (secondary N) is 1. The van der Waals surface area contributed by atoms with Gasteiger partial charge in [0.05, 0.1) is 6.61 Å². The monoisotopic (exact) mass is 245 g/mol. The molecule has 0 saturated carbocycles. The highest BCUT2D eigenvalue weighted by Crippen LogP contribution is 2.08. The molecule has 0 aliphatic rings. The number of hydrogen-bond acceptors (Lipinski definition) is 4. The molecule has 0 heterocycles. The van der Waals surface area contributed by atoms with E-state index in [1.165, 1.54) is 0 Å². The maximum atomic E-state index is 11.4. The van der Waals surface area contributed by atoms with E-state index in [1.54, 1.807) is 0 Å². The molecule has 0 aliphatic heterocycles. The second-order valence-electron chi connectivity index (χ2n) is 4.09. The number of amides is 2. The van der Waals surface area contributed by atoms with Crippen LogP contribution in [-0.4, -0.2) is 38.1 Å². The van der Waals surface area contributed by atoms with Crippen LogP contribution in [0.5, 0.6) is 0 Å². The molecular formula is C11H23N3O3. The zero-order valence-electron chi connectivity index (χ0n) is 10.4. The predicted octanol–water partition coefficient (Wildman–Crippen LogP) is -0.630. The van der Waals surface area contributed by atoms with Crippen molar-refractivity contribution in [2.24, 2.45) is 17.4 Å². The Morgan fingerprint density at radius 2 is 2.06 bits per heavy atom. The maximum Gasteiger partial charge on any atom is 0.243 e. The van der Waals surface area contributed by atoms with Gasteiger partial charge in [-0.05, 0) is 25.3 Å². The summed E-state index contributed by atoms with van der Waals surface area (Å²) in [5.41, 5.74) is 10.3. The van der Waals surface area contributed by atoms with Crippen molar-refractivity contribution in [3.63, 3.8) is 0 Å². The SMILES string of the molecule is CC(CCN)CCC(=O)NCCOCC(N)=O. The van der Waals surface area contributed by atoms with Crippen molar-refractivity contribution in [1.29, 1.82) is 0 Å². The van der Waals surface area contributed by atoms with E-state index in [4.69, 9.17) is 16.2 Å². The van der Waals surface area contributed by atoms with Crippen molar-refractivity contribution in [3.8, 4) is 0 Å². The third-order valence-corrected chi connectivity index (χ3v) is 2.34. The first kappa shape index (κ1) is 15.9. The molecular weight excluding hydrogens is 222 g/mol. The molecule has 6 nitrogen and oxygen atoms in total. The fourth-order valence-corrected chi connectivity index (χ4v) is 1.33. The van der Waals surface area contributed by atoms with Crippen LogP contribution in [0.25, 0.3) is 0 Å². The first-order valence-electron chi connectivity index (χ1n) is 5.89. The number of carbonyl (C=O) groups excluding carboxylic acids is 2. The Labute approximate surface area is 102 Å². The van der Waals surface area contributed by atoms with Crippen molar-refractivity contribution < 1.29 is 14.3 Å². The van der Waals surface area contributed by atoms with Crippen LogP contribution in [0.2, 0.25) is 0 Å². The average molecular weight is 245 g/mol. The highest BCUT2D eigenvalue weighted by molar-refractivity contribution is 5.76. The highest BCUT2D eigenvalue weighted by Gasteiger charge is 2.05. The van der Waals surface area contributed by atoms with Crippen molar-refractivity contribution in [3.05, 3.63) is 0 Å². The first-order valence-corrected chi connectivity index (χ1v) is 5.89. The van der Waals surface area contributed by atoms with Crippen LogP contribution in [0.1, 0.15) is 26.2 Å². The fourth-order valence-electron chi connectivity index (χ4n) is 1.33. The van der Waals surface area contributed by atoms with Gasteiger partial charge in [0.15, 0.2) is 0 Å². The summed E-state index contributed by atoms with van der Waals surface area (Å²) in [6, 6.07) is 0. The minimum Gasteiger partial charge on any atom is -0.370 e. The van der Waals surface area contributed by atoms with Gasteiger partial charge in [0.2, 0.25) is 11.8 Å². The number of primary amides is 1. The van der Waals surface area contributed by atoms with Crippen LogP contribution in [0.4, 0.5) is 0 Å². The molecule has 0 spiro atoms. The summed E-state index contributed by atoms with van der Waals surface area (Å²) in [7, 11) is 0. The van der Waals surface area contributed by atoms with Crippen LogP contribution in [0, 0.1) is 5.92 Å². The lowest BCUT2D eigenvalue weighted by Crippen LogP contribution is -2.29. The Morgan fingerprint density at radius 3 is 2.65 bits per heavy atom. The Bertz CT molecular complexity index is 234. The van der Waals surface area contributed by atoms with E-state index in [-0.39, 0.29) is 12.5 Å². The van der Waals surface area contributed by atoms with Crippen LogP contribution in [0.15, 0.2) is 0 Å². The standard InChI is InChI=1S/C11H23N3O3/c1-9(4-5-12)2-3-11(16)14-6-7-17-8-10(13)15/h9H,2-8,12H2,1H3,(H2,13,15)(H,14,16). The zero-order valence-corrected chi connectivity index (χ0v) is 10.4. The van der Waals surface area contributed by atoms with Gasteiger partial charge in [-0.25, -0.2) is 0 Å². The highest BCUT2D eigenvalue weighted by atomic mass is 16.5. The molecule has 0 aliphatic carbocycles. The van der Waals surface area contributed by atoms with E-state index < -0.39 is 5.91 Å². The van der Waals surface area contributed by atoms with Gasteiger partial charge in [-0.3, -0.25) is 9.59 Å². The van der Waals surface area contributed by atoms with Crippen LogP contribution in [0.3, 0.4) is 0 Å². The molecule has 0 aromatic rings. The molecule has 1 unspecified atom stereocenters. The third-order valence-electron chi connectivity index (χ3n) is 2.34. The van der Waals surface area contributed by atoms with Gasteiger partial charge in [0.25, 0.3) is 0 Å². The summed E-state index contributed by atoms with van der Waals surface area (Å²) in [6.07, 6.45) is 2.27. The van der Waals surface area contributed by atoms with Crippen LogP contribution < -0.4 is 16.8 Å². The summed E-state index contributed by atoms with van der Waals surface area (Å²) in [4.78, 5) is 21.7. The lowest BCUT2D eigenvalue weighted by atomic mass is 10.0. The third kappa shape index (κ3) is 11.1. The summed E-state index contributed by atoms with van der Waals surface area (Å²) in [5, 5.41) is 2.71. The molecule has 1 atom stereocenters. The molecule has 5 N–H and O–H groups in total. The molecule has 6 heteroatoms. The molecule has 0 radical (unpaired) electrons. The molecule has 0 saturated heterocycles. The van der Waals surface area contributed by atoms with E-state index in [0.29, 0.717) is 32.0 Å². The van der Waals surface area contributed by atoms with Gasteiger partial charge in [-0.15, -0.1) is 0 Å². The number of rotatable bonds is 10. The van der Waals surface area contributed by atoms with Crippen molar-refractivity contribution in [2.45, 2.75) is 26.2 Å². The van der Waals surface area contributed by atoms with Gasteiger partial charge in [-0.2, -0.15) is 0 Å². The zero-order chi connectivity index (χ0) is 13.1. The Hall–Kier alpha value is -1.14. The quantitative estimate of drug-likeness (QED) is 0.445. The van der Waals surface area contributed by atoms with E-state index in [9.17, 15) is 9.59 Å². The van der Waals surface area contributed by atoms with Crippen LogP contribution in [-0.2, 0) is 14.3 Å². The molecule has 0 rings (SSSR count). The van der Waals surface area contributed by atoms with E-state index in [1.807, 2.05) is 0 Å². The van der Waals surface area contributed by atoms with Gasteiger partial charge >= 0.3 is 0 Å². The predicted molar refractivity (Wildman–Crippen MR) is 65.1 cm³/mol. The van der Waals surface area contributed by atoms with Gasteiger partial charge < -0.3 is 21.5 Å². The van der Waals surface area contributed by atoms with Crippen molar-refractivity contribution >= 4 is 11.8 Å². The summed E-state index contributed by atoms with van der Waals surface area (Å²) < 4.78 is 4.90. The molecule has 2 amide bonds. The number of ether oxygens (including phenoxy) is 1. The summed E-state index contributed by atoms with van der Waals surface area (Å²) in [5.74, 6) is -0.0413. The first-order chi connectivity index (χ1) is 8.06. The van der Waals surface area contributed by atoms with E-state index in [2.05, 4.69) is 12.2 Å². The summed E-state index contributed by atoms with van der Waals surface area (Å²) >= 11 is 0. The molecule has 0 aromatic carbocycles. The molecule has 0 bridgehead atoms. The second-order valence-corrected chi connectivity index (χ2v) is 4.09. The fraction of sp³-hybridized carbons (Fsp3) is 0.818. The average Bonchev–Trinajstić information content (AvgIpc) is 2.26. The van der Waals surface area contributed by atoms with E-state index >= 15 is 0 Å². The number of carbonyl (C=O) groups is 2. The van der Waals surface area contributed by atoms with Gasteiger partial charge in [0.1, 0.15) is 6.61 Å². The lowest BCUT2D eigenvalue weighted by molar-refractivity contribution is -0.122. The van der Waals surface area contributed by atoms with Crippen LogP contribution >= 0.6 is 0 Å². The lowest BCUT2D eigenvalue weighted by Gasteiger charge is -2.09. The minimum absolute atomic E-state index is 0.00320. The smallest absolute Gasteiger partial charge is 0.243 e. The number of hydrogen-bond donors (Lipinski definition) is 3. The van der Waals surface area contributed by atoms with Gasteiger partial charge in [0, 0.05) is 13.0 Å². The normalized spacial score (nSPS) is 12.1. The largest absolute Gasteiger partial charge is 0.370 e. The number of nitrogens with two attached hydrogens (primary N) is 2. The Morgan fingerprint density at radius 1 is 1.35 bits per heavy atom. The topological polar surface area (TPSA) is 107 Å². The minimum atomic E-state index is -0.507. The molecule has 0 aromatic heterocycles. The van der Waals surface area contributed by atoms with E-state index in [0.717, 1.165) is 12.8 Å². The maximum absolute atomic E-state index is 11.4. The molecule has 17 heavy (non-hydrogen) atoms. The Balaban J connectivity index is 3.37. The second kappa shape index (κ2) is 10.0. The Kier molecular flexibility index (Phi) is 9.37. The molecule has 100 valence electrons.